The van der Waals surface area contributed by atoms with E-state index in [1.807, 2.05) is 0 Å². The second-order valence-electron chi connectivity index (χ2n) is 2.00. The minimum absolute atomic E-state index is 0. The van der Waals surface area contributed by atoms with Crippen molar-refractivity contribution in [2.75, 3.05) is 0 Å². The first-order valence-corrected chi connectivity index (χ1v) is 3.02. The van der Waals surface area contributed by atoms with Crippen LogP contribution in [0.15, 0.2) is 23.2 Å². The first-order valence-electron chi connectivity index (χ1n) is 3.02. The molecule has 0 atom stereocenters. The Kier molecular flexibility index (Phi) is 5.03. The topological polar surface area (TPSA) is 38.4 Å². The Balaban J connectivity index is 0.00000121. The summed E-state index contributed by atoms with van der Waals surface area (Å²) in [5, 5.41) is 0. The van der Waals surface area contributed by atoms with Gasteiger partial charge >= 0.3 is 31.1 Å². The summed E-state index contributed by atoms with van der Waals surface area (Å²) < 4.78 is 12.3. The number of rotatable bonds is 1. The molecule has 1 aromatic rings. The van der Waals surface area contributed by atoms with Gasteiger partial charge in [-0.05, 0) is 5.84 Å². The van der Waals surface area contributed by atoms with E-state index in [9.17, 15) is 4.39 Å². The molecule has 1 aromatic carbocycles. The van der Waals surface area contributed by atoms with Crippen LogP contribution >= 0.6 is 0 Å². The van der Waals surface area contributed by atoms with Crippen molar-refractivity contribution >= 4 is 11.5 Å². The molecule has 12 heavy (non-hydrogen) atoms. The van der Waals surface area contributed by atoms with Crippen LogP contribution < -0.4 is 5.73 Å². The van der Waals surface area contributed by atoms with E-state index in [0.29, 0.717) is 5.69 Å². The van der Waals surface area contributed by atoms with Gasteiger partial charge in [0.15, 0.2) is 0 Å². The van der Waals surface area contributed by atoms with Gasteiger partial charge in [0.2, 0.25) is 0 Å². The molecule has 0 aliphatic carbocycles. The molecule has 0 aliphatic rings. The second kappa shape index (κ2) is 5.23. The minimum Gasteiger partial charge on any atom is -0.412 e. The molecule has 0 aromatic heterocycles. The Bertz CT molecular complexity index is 265. The van der Waals surface area contributed by atoms with E-state index in [4.69, 9.17) is 5.73 Å². The molecule has 60 valence electrons. The van der Waals surface area contributed by atoms with E-state index in [1.165, 1.54) is 18.2 Å². The Morgan fingerprint density at radius 1 is 1.58 bits per heavy atom. The van der Waals surface area contributed by atoms with Crippen molar-refractivity contribution in [2.24, 2.45) is 10.7 Å². The Hall–Kier alpha value is -0.458. The van der Waals surface area contributed by atoms with E-state index in [-0.39, 0.29) is 42.8 Å². The molecule has 0 radical (unpaired) electrons. The third-order valence-corrected chi connectivity index (χ3v) is 1.02. The number of nitrogens with two attached hydrogens (primary N) is 1. The number of amidine groups is 1. The molecule has 0 spiro atoms. The largest absolute Gasteiger partial charge is 2.00 e. The third kappa shape index (κ3) is 3.80. The average Bonchev–Trinajstić information content (AvgIpc) is 1.93. The average molecular weight is 388 g/mol. The third-order valence-electron chi connectivity index (χ3n) is 1.02. The van der Waals surface area contributed by atoms with Crippen LogP contribution in [0.5, 0.6) is 0 Å². The molecule has 0 heterocycles. The van der Waals surface area contributed by atoms with E-state index >= 15 is 0 Å². The van der Waals surface area contributed by atoms with Crippen molar-refractivity contribution in [3.05, 3.63) is 37.0 Å². The van der Waals surface area contributed by atoms with Gasteiger partial charge in [-0.2, -0.15) is 6.07 Å². The zero-order valence-electron chi connectivity index (χ0n) is 6.34. The van der Waals surface area contributed by atoms with Gasteiger partial charge in [-0.3, -0.25) is 9.38 Å². The zero-order valence-corrected chi connectivity index (χ0v) is 10.5. The predicted octanol–water partition coefficient (Wildman–Crippen LogP) is 1.45. The van der Waals surface area contributed by atoms with Crippen molar-refractivity contribution in [2.45, 2.75) is 0 Å². The maximum Gasteiger partial charge on any atom is 2.00 e. The zero-order chi connectivity index (χ0) is 8.27. The number of nitrogens with zero attached hydrogens (tertiary/aromatic N) is 1. The van der Waals surface area contributed by atoms with Gasteiger partial charge < -0.3 is 12.7 Å². The first kappa shape index (κ1) is 11.5. The quantitative estimate of drug-likeness (QED) is 0.442. The van der Waals surface area contributed by atoms with Crippen LogP contribution in [-0.4, -0.2) is 5.84 Å². The fraction of sp³-hybridized carbons (Fsp3) is 0. The maximum atomic E-state index is 12.3. The number of benzene rings is 1. The van der Waals surface area contributed by atoms with Crippen molar-refractivity contribution < 1.29 is 35.5 Å². The first-order chi connectivity index (χ1) is 5.18. The van der Waals surface area contributed by atoms with Gasteiger partial charge in [0.05, 0.1) is 0 Å². The molecule has 2 nitrogen and oxygen atoms in total. The van der Waals surface area contributed by atoms with Crippen molar-refractivity contribution in [3.63, 3.8) is 0 Å². The maximum absolute atomic E-state index is 12.3. The Morgan fingerprint density at radius 3 is 2.67 bits per heavy atom. The molecule has 0 amide bonds. The van der Waals surface area contributed by atoms with Crippen molar-refractivity contribution in [1.29, 1.82) is 0 Å². The molecule has 4 heteroatoms. The molecule has 0 fully saturated rings. The summed E-state index contributed by atoms with van der Waals surface area (Å²) in [6, 6.07) is 6.55. The van der Waals surface area contributed by atoms with Crippen LogP contribution in [0.4, 0.5) is 10.1 Å². The second-order valence-corrected chi connectivity index (χ2v) is 2.00. The van der Waals surface area contributed by atoms with Gasteiger partial charge in [-0.15, -0.1) is 18.2 Å². The number of halogens is 1. The molecule has 1 rings (SSSR count). The normalized spacial score (nSPS) is 10.6. The van der Waals surface area contributed by atoms with E-state index < -0.39 is 0 Å². The fourth-order valence-corrected chi connectivity index (χ4v) is 0.622. The number of hydrogen-bond acceptors (Lipinski definition) is 1. The standard InChI is InChI=1S/C8H7FN2.U/c1-6(10)11-8-4-2-7(9)3-5-8;/h2-4H,1H2,(H2,10,11);/q-2;+2. The van der Waals surface area contributed by atoms with Crippen LogP contribution in [0.3, 0.4) is 0 Å². The predicted molar refractivity (Wildman–Crippen MR) is 41.9 cm³/mol. The van der Waals surface area contributed by atoms with Crippen molar-refractivity contribution in [3.8, 4) is 0 Å². The summed E-state index contributed by atoms with van der Waals surface area (Å²) >= 11 is 0. The molecular formula is C8H7FN2U. The van der Waals surface area contributed by atoms with Crippen LogP contribution in [0.2, 0.25) is 0 Å². The van der Waals surface area contributed by atoms with Crippen LogP contribution in [0.1, 0.15) is 0 Å². The SMILES string of the molecule is [CH2-]C(N)=Nc1[c-]cc(F)cc1.[U+2]. The molecule has 0 saturated carbocycles. The van der Waals surface area contributed by atoms with Gasteiger partial charge in [0.25, 0.3) is 0 Å². The van der Waals surface area contributed by atoms with E-state index in [1.54, 1.807) is 0 Å². The van der Waals surface area contributed by atoms with Crippen LogP contribution in [0, 0.1) is 49.9 Å². The summed E-state index contributed by atoms with van der Waals surface area (Å²) in [7, 11) is 0. The molecular weight excluding hydrogens is 381 g/mol. The van der Waals surface area contributed by atoms with E-state index in [2.05, 4.69) is 18.0 Å². The van der Waals surface area contributed by atoms with Gasteiger partial charge in [-0.25, -0.2) is 0 Å². The van der Waals surface area contributed by atoms with Gasteiger partial charge in [-0.1, -0.05) is 5.69 Å². The van der Waals surface area contributed by atoms with Crippen molar-refractivity contribution in [1.82, 2.24) is 0 Å². The summed E-state index contributed by atoms with van der Waals surface area (Å²) in [4.78, 5) is 3.76. The van der Waals surface area contributed by atoms with Crippen LogP contribution in [0.25, 0.3) is 0 Å². The Labute approximate surface area is 94.4 Å². The minimum atomic E-state index is -0.341. The summed E-state index contributed by atoms with van der Waals surface area (Å²) in [5.74, 6) is -0.153. The molecule has 0 aliphatic heterocycles. The summed E-state index contributed by atoms with van der Waals surface area (Å²) in [6.07, 6.45) is 0. The summed E-state index contributed by atoms with van der Waals surface area (Å²) in [6.45, 7) is 3.37. The molecule has 0 saturated heterocycles. The molecule has 0 unspecified atom stereocenters. The monoisotopic (exact) mass is 388 g/mol. The summed E-state index contributed by atoms with van der Waals surface area (Å²) in [5.41, 5.74) is 5.67. The number of hydrogen-bond donors (Lipinski definition) is 1. The Morgan fingerprint density at radius 2 is 2.25 bits per heavy atom. The smallest absolute Gasteiger partial charge is 0.412 e. The number of aliphatic imine (C=N–C) groups is 1. The van der Waals surface area contributed by atoms with Crippen LogP contribution in [-0.2, 0) is 0 Å². The fourth-order valence-electron chi connectivity index (χ4n) is 0.622. The molecule has 0 bridgehead atoms. The molecule has 2 N–H and O–H groups in total. The van der Waals surface area contributed by atoms with E-state index in [0.717, 1.165) is 0 Å². The van der Waals surface area contributed by atoms with Gasteiger partial charge in [0.1, 0.15) is 0 Å². The van der Waals surface area contributed by atoms with Gasteiger partial charge in [0, 0.05) is 5.82 Å².